The van der Waals surface area contributed by atoms with Gasteiger partial charge in [0.2, 0.25) is 0 Å². The van der Waals surface area contributed by atoms with E-state index in [0.29, 0.717) is 0 Å². The predicted molar refractivity (Wildman–Crippen MR) is 69.4 cm³/mol. The quantitative estimate of drug-likeness (QED) is 0.720. The topological polar surface area (TPSA) is 95.9 Å². The summed E-state index contributed by atoms with van der Waals surface area (Å²) in [5.41, 5.74) is -0.556. The number of phenols is 1. The first-order valence-corrected chi connectivity index (χ1v) is 5.71. The Hall–Kier alpha value is -2.24. The predicted octanol–water partition coefficient (Wildman–Crippen LogP) is 1.84. The van der Waals surface area contributed by atoms with E-state index < -0.39 is 17.5 Å². The number of carbonyl (C=O) groups is 2. The molecule has 6 heteroatoms. The molecule has 0 aromatic heterocycles. The largest absolute Gasteiger partial charge is 0.507 e. The fraction of sp³-hybridized carbons (Fsp3) is 0.385. The molecule has 104 valence electrons. The van der Waals surface area contributed by atoms with Gasteiger partial charge >= 0.3 is 11.9 Å². The highest BCUT2D eigenvalue weighted by atomic mass is 16.6. The van der Waals surface area contributed by atoms with Crippen molar-refractivity contribution in [2.24, 2.45) is 0 Å². The maximum absolute atomic E-state index is 12.0. The van der Waals surface area contributed by atoms with E-state index in [9.17, 15) is 14.7 Å². The van der Waals surface area contributed by atoms with Crippen LogP contribution in [0.15, 0.2) is 18.2 Å². The van der Waals surface area contributed by atoms with Crippen molar-refractivity contribution < 1.29 is 24.5 Å². The van der Waals surface area contributed by atoms with Gasteiger partial charge in [0.25, 0.3) is 0 Å². The minimum Gasteiger partial charge on any atom is -0.507 e. The first kappa shape index (κ1) is 14.8. The number of hydrogen-bond acceptors (Lipinski definition) is 5. The van der Waals surface area contributed by atoms with Crippen molar-refractivity contribution in [1.29, 1.82) is 0 Å². The number of carboxylic acids is 1. The van der Waals surface area contributed by atoms with Crippen LogP contribution in [0.4, 0.5) is 5.69 Å². The van der Waals surface area contributed by atoms with E-state index in [-0.39, 0.29) is 23.5 Å². The molecule has 19 heavy (non-hydrogen) atoms. The van der Waals surface area contributed by atoms with Gasteiger partial charge in [-0.15, -0.1) is 0 Å². The van der Waals surface area contributed by atoms with Gasteiger partial charge in [-0.05, 0) is 32.9 Å². The Morgan fingerprint density at radius 3 is 2.47 bits per heavy atom. The van der Waals surface area contributed by atoms with Crippen molar-refractivity contribution in [2.45, 2.75) is 26.4 Å². The third kappa shape index (κ3) is 4.50. The van der Waals surface area contributed by atoms with Crippen LogP contribution in [-0.4, -0.2) is 34.3 Å². The monoisotopic (exact) mass is 267 g/mol. The van der Waals surface area contributed by atoms with Crippen molar-refractivity contribution in [3.63, 3.8) is 0 Å². The van der Waals surface area contributed by atoms with Crippen LogP contribution in [0.5, 0.6) is 5.75 Å². The summed E-state index contributed by atoms with van der Waals surface area (Å²) in [5, 5.41) is 20.9. The first-order valence-electron chi connectivity index (χ1n) is 5.71. The van der Waals surface area contributed by atoms with Gasteiger partial charge < -0.3 is 20.3 Å². The van der Waals surface area contributed by atoms with Crippen LogP contribution in [0.3, 0.4) is 0 Å². The van der Waals surface area contributed by atoms with Crippen LogP contribution in [0.2, 0.25) is 0 Å². The Morgan fingerprint density at radius 1 is 1.32 bits per heavy atom. The van der Waals surface area contributed by atoms with Crippen LogP contribution >= 0.6 is 0 Å². The Labute approximate surface area is 111 Å². The molecule has 0 atom stereocenters. The average Bonchev–Trinajstić information content (AvgIpc) is 2.23. The fourth-order valence-corrected chi connectivity index (χ4v) is 1.40. The van der Waals surface area contributed by atoms with Crippen molar-refractivity contribution >= 4 is 17.6 Å². The van der Waals surface area contributed by atoms with E-state index in [0.717, 1.165) is 0 Å². The second kappa shape index (κ2) is 5.60. The van der Waals surface area contributed by atoms with Gasteiger partial charge in [-0.25, -0.2) is 4.79 Å². The van der Waals surface area contributed by atoms with E-state index in [1.165, 1.54) is 18.2 Å². The first-order chi connectivity index (χ1) is 8.70. The van der Waals surface area contributed by atoms with E-state index in [4.69, 9.17) is 9.84 Å². The van der Waals surface area contributed by atoms with Crippen LogP contribution in [0.1, 0.15) is 31.1 Å². The number of carbonyl (C=O) groups excluding carboxylic acids is 1. The number of anilines is 1. The summed E-state index contributed by atoms with van der Waals surface area (Å²) < 4.78 is 5.17. The molecular weight excluding hydrogens is 250 g/mol. The molecule has 0 bridgehead atoms. The Bertz CT molecular complexity index is 490. The summed E-state index contributed by atoms with van der Waals surface area (Å²) in [5.74, 6) is -2.04. The highest BCUT2D eigenvalue weighted by Gasteiger charge is 2.23. The molecule has 0 fully saturated rings. The maximum Gasteiger partial charge on any atom is 0.344 e. The zero-order valence-electron chi connectivity index (χ0n) is 11.1. The minimum atomic E-state index is -1.07. The second-order valence-electron chi connectivity index (χ2n) is 4.95. The zero-order chi connectivity index (χ0) is 14.6. The van der Waals surface area contributed by atoms with Crippen molar-refractivity contribution in [1.82, 2.24) is 0 Å². The van der Waals surface area contributed by atoms with Gasteiger partial charge in [0.15, 0.2) is 0 Å². The molecule has 0 saturated carbocycles. The summed E-state index contributed by atoms with van der Waals surface area (Å²) >= 11 is 0. The van der Waals surface area contributed by atoms with Crippen LogP contribution in [0, 0.1) is 0 Å². The zero-order valence-corrected chi connectivity index (χ0v) is 11.1. The Kier molecular flexibility index (Phi) is 4.37. The third-order valence-electron chi connectivity index (χ3n) is 2.08. The molecule has 0 unspecified atom stereocenters. The molecule has 6 nitrogen and oxygen atoms in total. The van der Waals surface area contributed by atoms with Crippen molar-refractivity contribution in [3.8, 4) is 5.75 Å². The number of esters is 1. The molecule has 0 heterocycles. The number of aromatic hydroxyl groups is 1. The SMILES string of the molecule is CC(C)(C)OC(=O)c1c(O)cccc1NCC(=O)O. The maximum atomic E-state index is 12.0. The van der Waals surface area contributed by atoms with Gasteiger partial charge in [-0.2, -0.15) is 0 Å². The lowest BCUT2D eigenvalue weighted by Crippen LogP contribution is -2.25. The molecule has 1 aromatic rings. The lowest BCUT2D eigenvalue weighted by atomic mass is 10.1. The van der Waals surface area contributed by atoms with Crippen molar-refractivity contribution in [3.05, 3.63) is 23.8 Å². The summed E-state index contributed by atoms with van der Waals surface area (Å²) in [6.45, 7) is 4.75. The van der Waals surface area contributed by atoms with Gasteiger partial charge in [-0.3, -0.25) is 4.79 Å². The Morgan fingerprint density at radius 2 is 1.95 bits per heavy atom. The molecule has 1 aromatic carbocycles. The van der Waals surface area contributed by atoms with Gasteiger partial charge in [0, 0.05) is 0 Å². The summed E-state index contributed by atoms with van der Waals surface area (Å²) in [4.78, 5) is 22.5. The molecule has 0 saturated heterocycles. The van der Waals surface area contributed by atoms with Gasteiger partial charge in [0.05, 0.1) is 5.69 Å². The molecule has 0 spiro atoms. The normalized spacial score (nSPS) is 10.9. The number of ether oxygens (including phenoxy) is 1. The molecule has 0 aliphatic rings. The molecule has 0 amide bonds. The van der Waals surface area contributed by atoms with Crippen molar-refractivity contribution in [2.75, 3.05) is 11.9 Å². The standard InChI is InChI=1S/C13H17NO5/c1-13(2,3)19-12(18)11-8(14-7-10(16)17)5-4-6-9(11)15/h4-6,14-15H,7H2,1-3H3,(H,16,17). The average molecular weight is 267 g/mol. The highest BCUT2D eigenvalue weighted by Crippen LogP contribution is 2.27. The van der Waals surface area contributed by atoms with Gasteiger partial charge in [0.1, 0.15) is 23.5 Å². The molecule has 0 aliphatic carbocycles. The molecule has 1 rings (SSSR count). The molecular formula is C13H17NO5. The summed E-state index contributed by atoms with van der Waals surface area (Å²) in [7, 11) is 0. The molecule has 3 N–H and O–H groups in total. The summed E-state index contributed by atoms with van der Waals surface area (Å²) in [6, 6.07) is 4.35. The minimum absolute atomic E-state index is 0.0707. The number of carboxylic acid groups (broad SMARTS) is 1. The van der Waals surface area contributed by atoms with E-state index in [2.05, 4.69) is 5.32 Å². The number of hydrogen-bond donors (Lipinski definition) is 3. The van der Waals surface area contributed by atoms with Crippen LogP contribution < -0.4 is 5.32 Å². The van der Waals surface area contributed by atoms with Crippen LogP contribution in [0.25, 0.3) is 0 Å². The smallest absolute Gasteiger partial charge is 0.344 e. The number of aliphatic carboxylic acids is 1. The van der Waals surface area contributed by atoms with E-state index in [1.807, 2.05) is 0 Å². The number of nitrogens with one attached hydrogen (secondary N) is 1. The fourth-order valence-electron chi connectivity index (χ4n) is 1.40. The van der Waals surface area contributed by atoms with Gasteiger partial charge in [-0.1, -0.05) is 6.07 Å². The van der Waals surface area contributed by atoms with Crippen LogP contribution in [-0.2, 0) is 9.53 Å². The second-order valence-corrected chi connectivity index (χ2v) is 4.95. The highest BCUT2D eigenvalue weighted by molar-refractivity contribution is 5.99. The van der Waals surface area contributed by atoms with E-state index >= 15 is 0 Å². The number of phenolic OH excluding ortho intramolecular Hbond substituents is 1. The molecule has 0 aliphatic heterocycles. The summed E-state index contributed by atoms with van der Waals surface area (Å²) in [6.07, 6.45) is 0. The third-order valence-corrected chi connectivity index (χ3v) is 2.08. The lowest BCUT2D eigenvalue weighted by molar-refractivity contribution is -0.134. The number of benzene rings is 1. The Balaban J connectivity index is 3.03. The number of rotatable bonds is 4. The molecule has 0 radical (unpaired) electrons. The lowest BCUT2D eigenvalue weighted by Gasteiger charge is -2.21. The van der Waals surface area contributed by atoms with E-state index in [1.54, 1.807) is 20.8 Å².